The summed E-state index contributed by atoms with van der Waals surface area (Å²) < 4.78 is 3.43. The number of rotatable bonds is 4. The van der Waals surface area contributed by atoms with Crippen LogP contribution in [0.4, 0.5) is 0 Å². The first kappa shape index (κ1) is 19.8. The summed E-state index contributed by atoms with van der Waals surface area (Å²) in [6.07, 6.45) is 3.59. The van der Waals surface area contributed by atoms with E-state index in [1.165, 1.54) is 23.8 Å². The largest absolute Gasteiger partial charge is 0.329 e. The lowest BCUT2D eigenvalue weighted by atomic mass is 10.0. The van der Waals surface area contributed by atoms with Crippen LogP contribution < -0.4 is 11.2 Å². The van der Waals surface area contributed by atoms with Crippen molar-refractivity contribution < 1.29 is 0 Å². The second-order valence-corrected chi connectivity index (χ2v) is 8.56. The molecular weight excluding hydrogens is 390 g/mol. The Morgan fingerprint density at radius 2 is 1.87 bits per heavy atom. The van der Waals surface area contributed by atoms with E-state index in [9.17, 15) is 9.59 Å². The van der Waals surface area contributed by atoms with Crippen LogP contribution in [-0.2, 0) is 20.1 Å². The smallest absolute Gasteiger partial charge is 0.317 e. The fraction of sp³-hybridized carbons (Fsp3) is 0.375. The second-order valence-electron chi connectivity index (χ2n) is 8.56. The van der Waals surface area contributed by atoms with Crippen LogP contribution in [0.25, 0.3) is 21.9 Å². The maximum absolute atomic E-state index is 12.9. The number of imidazole rings is 1. The Hall–Kier alpha value is -3.19. The minimum atomic E-state index is -0.440. The van der Waals surface area contributed by atoms with Gasteiger partial charge in [-0.15, -0.1) is 0 Å². The lowest BCUT2D eigenvalue weighted by molar-refractivity contribution is 0.147. The molecule has 1 N–H and O–H groups in total. The molecule has 7 nitrogen and oxygen atoms in total. The number of hydrogen-bond acceptors (Lipinski definition) is 4. The zero-order chi connectivity index (χ0) is 21.5. The first-order valence-electron chi connectivity index (χ1n) is 10.9. The Morgan fingerprint density at radius 3 is 2.71 bits per heavy atom. The SMILES string of the molecule is C[C@H]1CCCCN1Cc1nc2c(c(=O)[nH]c(=O)n2C)n1Cc1cccc2ccccc12. The Morgan fingerprint density at radius 1 is 1.06 bits per heavy atom. The molecule has 0 saturated carbocycles. The van der Waals surface area contributed by atoms with Crippen LogP contribution in [0.3, 0.4) is 0 Å². The summed E-state index contributed by atoms with van der Waals surface area (Å²) in [5, 5.41) is 2.32. The van der Waals surface area contributed by atoms with Crippen molar-refractivity contribution in [2.45, 2.75) is 45.3 Å². The number of H-pyrrole nitrogens is 1. The Bertz CT molecular complexity index is 1380. The van der Waals surface area contributed by atoms with Crippen molar-refractivity contribution in [3.63, 3.8) is 0 Å². The highest BCUT2D eigenvalue weighted by atomic mass is 16.2. The predicted molar refractivity (Wildman–Crippen MR) is 122 cm³/mol. The molecule has 0 unspecified atom stereocenters. The average Bonchev–Trinajstić information content (AvgIpc) is 3.12. The van der Waals surface area contributed by atoms with Gasteiger partial charge < -0.3 is 4.57 Å². The Balaban J connectivity index is 1.68. The van der Waals surface area contributed by atoms with E-state index in [0.29, 0.717) is 30.3 Å². The van der Waals surface area contributed by atoms with Gasteiger partial charge in [-0.25, -0.2) is 9.78 Å². The van der Waals surface area contributed by atoms with Crippen molar-refractivity contribution >= 4 is 21.9 Å². The van der Waals surface area contributed by atoms with Crippen LogP contribution >= 0.6 is 0 Å². The lowest BCUT2D eigenvalue weighted by Gasteiger charge is -2.33. The van der Waals surface area contributed by atoms with Crippen LogP contribution in [0.2, 0.25) is 0 Å². The van der Waals surface area contributed by atoms with E-state index in [2.05, 4.69) is 41.1 Å². The first-order valence-corrected chi connectivity index (χ1v) is 10.9. The first-order chi connectivity index (χ1) is 15.0. The van der Waals surface area contributed by atoms with Crippen LogP contribution in [0.15, 0.2) is 52.1 Å². The standard InChI is InChI=1S/C24H27N5O2/c1-16-8-5-6-13-28(16)15-20-25-22-21(23(30)26-24(31)27(22)2)29(20)14-18-11-7-10-17-9-3-4-12-19(17)18/h3-4,7,9-12,16H,5-6,8,13-15H2,1-2H3,(H,26,30,31)/t16-/m0/s1. The number of nitrogens with one attached hydrogen (secondary N) is 1. The van der Waals surface area contributed by atoms with Crippen molar-refractivity contribution in [2.75, 3.05) is 6.54 Å². The van der Waals surface area contributed by atoms with Crippen LogP contribution in [-0.4, -0.2) is 36.6 Å². The summed E-state index contributed by atoms with van der Waals surface area (Å²) >= 11 is 0. The quantitative estimate of drug-likeness (QED) is 0.554. The molecule has 160 valence electrons. The number of aryl methyl sites for hydroxylation is 1. The molecule has 1 atom stereocenters. The number of hydrogen-bond donors (Lipinski definition) is 1. The monoisotopic (exact) mass is 417 g/mol. The molecule has 2 aromatic carbocycles. The minimum Gasteiger partial charge on any atom is -0.317 e. The molecule has 1 saturated heterocycles. The molecular formula is C24H27N5O2. The third-order valence-corrected chi connectivity index (χ3v) is 6.58. The van der Waals surface area contributed by atoms with Gasteiger partial charge in [-0.3, -0.25) is 19.2 Å². The van der Waals surface area contributed by atoms with Crippen molar-refractivity contribution in [1.82, 2.24) is 24.0 Å². The molecule has 4 aromatic rings. The molecule has 0 bridgehead atoms. The van der Waals surface area contributed by atoms with Crippen LogP contribution in [0, 0.1) is 0 Å². The van der Waals surface area contributed by atoms with Crippen LogP contribution in [0.1, 0.15) is 37.6 Å². The molecule has 0 aliphatic carbocycles. The van der Waals surface area contributed by atoms with Gasteiger partial charge in [0.2, 0.25) is 0 Å². The highest BCUT2D eigenvalue weighted by molar-refractivity contribution is 5.85. The molecule has 1 aliphatic heterocycles. The lowest BCUT2D eigenvalue weighted by Crippen LogP contribution is -2.37. The summed E-state index contributed by atoms with van der Waals surface area (Å²) in [7, 11) is 1.66. The van der Waals surface area contributed by atoms with Gasteiger partial charge in [-0.1, -0.05) is 48.9 Å². The molecule has 1 fully saturated rings. The second kappa shape index (κ2) is 7.81. The number of aromatic nitrogens is 4. The van der Waals surface area contributed by atoms with Crippen LogP contribution in [0.5, 0.6) is 0 Å². The molecule has 7 heteroatoms. The highest BCUT2D eigenvalue weighted by Gasteiger charge is 2.23. The van der Waals surface area contributed by atoms with Gasteiger partial charge in [-0.05, 0) is 42.6 Å². The summed E-state index contributed by atoms with van der Waals surface area (Å²) in [6, 6.07) is 15.0. The van der Waals surface area contributed by atoms with Gasteiger partial charge in [0.25, 0.3) is 5.56 Å². The van der Waals surface area contributed by atoms with E-state index in [4.69, 9.17) is 4.98 Å². The maximum atomic E-state index is 12.9. The van der Waals surface area contributed by atoms with E-state index in [1.54, 1.807) is 7.05 Å². The Labute approximate surface area is 180 Å². The van der Waals surface area contributed by atoms with E-state index in [1.807, 2.05) is 22.8 Å². The summed E-state index contributed by atoms with van der Waals surface area (Å²) in [5.74, 6) is 0.823. The zero-order valence-corrected chi connectivity index (χ0v) is 18.0. The number of fused-ring (bicyclic) bond motifs is 2. The predicted octanol–water partition coefficient (Wildman–Crippen LogP) is 3.00. The Kier molecular flexibility index (Phi) is 4.98. The molecule has 31 heavy (non-hydrogen) atoms. The van der Waals surface area contributed by atoms with E-state index < -0.39 is 5.69 Å². The fourth-order valence-electron chi connectivity index (χ4n) is 4.75. The number of nitrogens with zero attached hydrogens (tertiary/aromatic N) is 4. The maximum Gasteiger partial charge on any atom is 0.329 e. The fourth-order valence-corrected chi connectivity index (χ4v) is 4.75. The number of likely N-dealkylation sites (tertiary alicyclic amines) is 1. The molecule has 0 amide bonds. The molecule has 5 rings (SSSR count). The van der Waals surface area contributed by atoms with Gasteiger partial charge >= 0.3 is 5.69 Å². The zero-order valence-electron chi connectivity index (χ0n) is 18.0. The van der Waals surface area contributed by atoms with Gasteiger partial charge in [0.1, 0.15) is 5.82 Å². The molecule has 3 heterocycles. The number of aromatic amines is 1. The molecule has 2 aromatic heterocycles. The summed E-state index contributed by atoms with van der Waals surface area (Å²) in [4.78, 5) is 34.7. The number of benzene rings is 2. The van der Waals surface area contributed by atoms with E-state index in [-0.39, 0.29) is 5.56 Å². The summed E-state index contributed by atoms with van der Waals surface area (Å²) in [6.45, 7) is 4.46. The third kappa shape index (κ3) is 3.49. The van der Waals surface area contributed by atoms with Gasteiger partial charge in [-0.2, -0.15) is 0 Å². The van der Waals surface area contributed by atoms with Crippen molar-refractivity contribution in [1.29, 1.82) is 0 Å². The minimum absolute atomic E-state index is 0.385. The molecule has 0 radical (unpaired) electrons. The van der Waals surface area contributed by atoms with Gasteiger partial charge in [0.05, 0.1) is 13.1 Å². The van der Waals surface area contributed by atoms with Crippen molar-refractivity contribution in [2.24, 2.45) is 7.05 Å². The van der Waals surface area contributed by atoms with Gasteiger partial charge in [0.15, 0.2) is 11.2 Å². The van der Waals surface area contributed by atoms with Crippen molar-refractivity contribution in [3.05, 3.63) is 74.7 Å². The van der Waals surface area contributed by atoms with Crippen molar-refractivity contribution in [3.8, 4) is 0 Å². The average molecular weight is 418 g/mol. The molecule has 0 spiro atoms. The van der Waals surface area contributed by atoms with E-state index in [0.717, 1.165) is 28.7 Å². The third-order valence-electron chi connectivity index (χ3n) is 6.58. The highest BCUT2D eigenvalue weighted by Crippen LogP contribution is 2.24. The molecule has 1 aliphatic rings. The summed E-state index contributed by atoms with van der Waals surface area (Å²) in [5.41, 5.74) is 1.19. The topological polar surface area (TPSA) is 75.9 Å². The van der Waals surface area contributed by atoms with Gasteiger partial charge in [0, 0.05) is 13.1 Å². The normalized spacial score (nSPS) is 17.5. The number of piperidine rings is 1. The van der Waals surface area contributed by atoms with E-state index >= 15 is 0 Å².